The van der Waals surface area contributed by atoms with Crippen molar-refractivity contribution in [3.63, 3.8) is 0 Å². The zero-order valence-corrected chi connectivity index (χ0v) is 13.7. The summed E-state index contributed by atoms with van der Waals surface area (Å²) in [5, 5.41) is 6.36. The van der Waals surface area contributed by atoms with Crippen molar-refractivity contribution in [2.75, 3.05) is 0 Å². The molecule has 0 aromatic heterocycles. The fraction of sp³-hybridized carbons (Fsp3) is 0.529. The first-order valence-electron chi connectivity index (χ1n) is 7.93. The molecule has 0 bridgehead atoms. The Morgan fingerprint density at radius 2 is 1.68 bits per heavy atom. The van der Waals surface area contributed by atoms with E-state index in [1.54, 1.807) is 31.2 Å². The van der Waals surface area contributed by atoms with Crippen molar-refractivity contribution in [1.82, 2.24) is 10.6 Å². The fourth-order valence-corrected chi connectivity index (χ4v) is 2.82. The number of hydrogen-bond donors (Lipinski definition) is 2. The molecule has 0 radical (unpaired) electrons. The minimum absolute atomic E-state index is 0.116. The van der Waals surface area contributed by atoms with Crippen molar-refractivity contribution < 1.29 is 9.59 Å². The van der Waals surface area contributed by atoms with Crippen LogP contribution >= 0.6 is 11.6 Å². The third-order valence-electron chi connectivity index (χ3n) is 4.05. The lowest BCUT2D eigenvalue weighted by molar-refractivity contribution is -0.123. The first kappa shape index (κ1) is 16.8. The second-order valence-corrected chi connectivity index (χ2v) is 6.34. The van der Waals surface area contributed by atoms with Crippen LogP contribution in [0.5, 0.6) is 0 Å². The van der Waals surface area contributed by atoms with Crippen molar-refractivity contribution in [3.05, 3.63) is 34.9 Å². The van der Waals surface area contributed by atoms with Crippen molar-refractivity contribution in [1.29, 1.82) is 0 Å². The van der Waals surface area contributed by atoms with Gasteiger partial charge in [0, 0.05) is 16.6 Å². The van der Waals surface area contributed by atoms with Gasteiger partial charge in [-0.3, -0.25) is 9.59 Å². The number of carbonyl (C=O) groups is 2. The Hall–Kier alpha value is -1.55. The first-order chi connectivity index (χ1) is 10.6. The molecule has 4 nitrogen and oxygen atoms in total. The van der Waals surface area contributed by atoms with E-state index < -0.39 is 6.04 Å². The molecule has 2 amide bonds. The fourth-order valence-electron chi connectivity index (χ4n) is 2.70. The third kappa shape index (κ3) is 5.02. The molecule has 1 aliphatic rings. The molecular formula is C17H23ClN2O2. The second kappa shape index (κ2) is 8.18. The van der Waals surface area contributed by atoms with E-state index >= 15 is 0 Å². The van der Waals surface area contributed by atoms with Crippen molar-refractivity contribution in [2.45, 2.75) is 57.5 Å². The zero-order valence-electron chi connectivity index (χ0n) is 12.9. The SMILES string of the molecule is CC(NC(=O)c1ccc(Cl)cc1)C(=O)NC1CCCCCC1. The summed E-state index contributed by atoms with van der Waals surface area (Å²) >= 11 is 5.80. The Kier molecular flexibility index (Phi) is 6.25. The van der Waals surface area contributed by atoms with Crippen LogP contribution in [0.25, 0.3) is 0 Å². The van der Waals surface area contributed by atoms with Gasteiger partial charge in [-0.25, -0.2) is 0 Å². The summed E-state index contributed by atoms with van der Waals surface area (Å²) in [6.45, 7) is 1.71. The van der Waals surface area contributed by atoms with E-state index in [1.165, 1.54) is 12.8 Å². The Bertz CT molecular complexity index is 508. The van der Waals surface area contributed by atoms with Crippen LogP contribution in [0.2, 0.25) is 5.02 Å². The quantitative estimate of drug-likeness (QED) is 0.836. The van der Waals surface area contributed by atoms with Gasteiger partial charge in [-0.1, -0.05) is 37.3 Å². The number of hydrogen-bond acceptors (Lipinski definition) is 2. The van der Waals surface area contributed by atoms with Crippen LogP contribution in [0.1, 0.15) is 55.8 Å². The van der Waals surface area contributed by atoms with Gasteiger partial charge in [0.1, 0.15) is 6.04 Å². The highest BCUT2D eigenvalue weighted by Crippen LogP contribution is 2.17. The summed E-state index contributed by atoms with van der Waals surface area (Å²) < 4.78 is 0. The lowest BCUT2D eigenvalue weighted by atomic mass is 10.1. The average molecular weight is 323 g/mol. The van der Waals surface area contributed by atoms with Gasteiger partial charge in [-0.15, -0.1) is 0 Å². The van der Waals surface area contributed by atoms with Gasteiger partial charge in [0.2, 0.25) is 5.91 Å². The van der Waals surface area contributed by atoms with Gasteiger partial charge in [-0.2, -0.15) is 0 Å². The van der Waals surface area contributed by atoms with Gasteiger partial charge in [0.05, 0.1) is 0 Å². The van der Waals surface area contributed by atoms with Crippen LogP contribution in [-0.2, 0) is 4.79 Å². The van der Waals surface area contributed by atoms with Crippen LogP contribution in [0.15, 0.2) is 24.3 Å². The van der Waals surface area contributed by atoms with E-state index in [9.17, 15) is 9.59 Å². The predicted molar refractivity (Wildman–Crippen MR) is 88.0 cm³/mol. The third-order valence-corrected chi connectivity index (χ3v) is 4.30. The topological polar surface area (TPSA) is 58.2 Å². The largest absolute Gasteiger partial charge is 0.352 e. The lowest BCUT2D eigenvalue weighted by Gasteiger charge is -2.20. The van der Waals surface area contributed by atoms with Gasteiger partial charge in [0.25, 0.3) is 5.91 Å². The molecule has 1 fully saturated rings. The maximum Gasteiger partial charge on any atom is 0.251 e. The standard InChI is InChI=1S/C17H23ClN2O2/c1-12(16(21)20-15-6-4-2-3-5-7-15)19-17(22)13-8-10-14(18)11-9-13/h8-12,15H,2-7H2,1H3,(H,19,22)(H,20,21). The van der Waals surface area contributed by atoms with E-state index in [0.717, 1.165) is 25.7 Å². The summed E-state index contributed by atoms with van der Waals surface area (Å²) in [6, 6.07) is 6.30. The van der Waals surface area contributed by atoms with Crippen molar-refractivity contribution in [3.8, 4) is 0 Å². The number of carbonyl (C=O) groups excluding carboxylic acids is 2. The van der Waals surface area contributed by atoms with Crippen LogP contribution in [0, 0.1) is 0 Å². The smallest absolute Gasteiger partial charge is 0.251 e. The summed E-state index contributed by atoms with van der Waals surface area (Å²) in [5.74, 6) is -0.380. The molecule has 0 saturated heterocycles. The molecule has 5 heteroatoms. The molecule has 1 unspecified atom stereocenters. The van der Waals surface area contributed by atoms with E-state index in [2.05, 4.69) is 10.6 Å². The number of rotatable bonds is 4. The monoisotopic (exact) mass is 322 g/mol. The molecular weight excluding hydrogens is 300 g/mol. The Labute approximate surface area is 136 Å². The van der Waals surface area contributed by atoms with Gasteiger partial charge >= 0.3 is 0 Å². The van der Waals surface area contributed by atoms with Crippen LogP contribution in [0.3, 0.4) is 0 Å². The molecule has 0 heterocycles. The lowest BCUT2D eigenvalue weighted by Crippen LogP contribution is -2.48. The minimum atomic E-state index is -0.550. The summed E-state index contributed by atoms with van der Waals surface area (Å²) in [7, 11) is 0. The number of nitrogens with one attached hydrogen (secondary N) is 2. The molecule has 1 aliphatic carbocycles. The zero-order chi connectivity index (χ0) is 15.9. The molecule has 1 aromatic carbocycles. The van der Waals surface area contributed by atoms with Crippen molar-refractivity contribution in [2.24, 2.45) is 0 Å². The van der Waals surface area contributed by atoms with Gasteiger partial charge in [-0.05, 0) is 44.0 Å². The normalized spacial score (nSPS) is 17.4. The highest BCUT2D eigenvalue weighted by Gasteiger charge is 2.20. The Morgan fingerprint density at radius 1 is 1.09 bits per heavy atom. The molecule has 120 valence electrons. The average Bonchev–Trinajstić information content (AvgIpc) is 2.76. The predicted octanol–water partition coefficient (Wildman–Crippen LogP) is 3.30. The maximum absolute atomic E-state index is 12.2. The number of halogens is 1. The Morgan fingerprint density at radius 3 is 2.27 bits per heavy atom. The van der Waals surface area contributed by atoms with Crippen LogP contribution in [-0.4, -0.2) is 23.9 Å². The number of amides is 2. The summed E-state index contributed by atoms with van der Waals surface area (Å²) in [6.07, 6.45) is 6.88. The van der Waals surface area contributed by atoms with E-state index in [0.29, 0.717) is 10.6 Å². The molecule has 1 atom stereocenters. The molecule has 0 aliphatic heterocycles. The van der Waals surface area contributed by atoms with E-state index in [-0.39, 0.29) is 17.9 Å². The highest BCUT2D eigenvalue weighted by molar-refractivity contribution is 6.30. The summed E-state index contributed by atoms with van der Waals surface area (Å²) in [4.78, 5) is 24.3. The molecule has 1 saturated carbocycles. The van der Waals surface area contributed by atoms with Crippen LogP contribution in [0.4, 0.5) is 0 Å². The summed E-state index contributed by atoms with van der Waals surface area (Å²) in [5.41, 5.74) is 0.499. The van der Waals surface area contributed by atoms with Crippen LogP contribution < -0.4 is 10.6 Å². The minimum Gasteiger partial charge on any atom is -0.352 e. The van der Waals surface area contributed by atoms with E-state index in [4.69, 9.17) is 11.6 Å². The second-order valence-electron chi connectivity index (χ2n) is 5.90. The van der Waals surface area contributed by atoms with Crippen molar-refractivity contribution >= 4 is 23.4 Å². The first-order valence-corrected chi connectivity index (χ1v) is 8.31. The molecule has 2 rings (SSSR count). The molecule has 2 N–H and O–H groups in total. The highest BCUT2D eigenvalue weighted by atomic mass is 35.5. The number of benzene rings is 1. The molecule has 22 heavy (non-hydrogen) atoms. The molecule has 0 spiro atoms. The maximum atomic E-state index is 12.2. The van der Waals surface area contributed by atoms with Gasteiger partial charge < -0.3 is 10.6 Å². The molecule has 1 aromatic rings. The Balaban J connectivity index is 1.84. The van der Waals surface area contributed by atoms with Gasteiger partial charge in [0.15, 0.2) is 0 Å². The van der Waals surface area contributed by atoms with E-state index in [1.807, 2.05) is 0 Å².